The van der Waals surface area contributed by atoms with Crippen molar-refractivity contribution in [2.75, 3.05) is 43.6 Å². The number of morpholine rings is 1. The van der Waals surface area contributed by atoms with Crippen LogP contribution in [0.5, 0.6) is 0 Å². The number of benzene rings is 2. The van der Waals surface area contributed by atoms with Crippen LogP contribution < -0.4 is 10.2 Å². The number of amides is 1. The summed E-state index contributed by atoms with van der Waals surface area (Å²) in [6.45, 7) is 2.47. The van der Waals surface area contributed by atoms with Gasteiger partial charge in [0.25, 0.3) is 5.91 Å². The summed E-state index contributed by atoms with van der Waals surface area (Å²) in [6, 6.07) is 8.75. The predicted molar refractivity (Wildman–Crippen MR) is 100 cm³/mol. The highest BCUT2D eigenvalue weighted by Gasteiger charge is 2.30. The molecule has 6 nitrogen and oxygen atoms in total. The molecule has 1 amide bonds. The molecule has 0 unspecified atom stereocenters. The topological polar surface area (TPSA) is 67.9 Å². The average molecular weight is 408 g/mol. The molecule has 0 bridgehead atoms. The lowest BCUT2D eigenvalue weighted by molar-refractivity contribution is -0.137. The molecule has 1 saturated heterocycles. The van der Waals surface area contributed by atoms with Crippen molar-refractivity contribution in [1.29, 1.82) is 0 Å². The van der Waals surface area contributed by atoms with Crippen molar-refractivity contribution in [3.8, 4) is 0 Å². The first-order chi connectivity index (χ1) is 13.8. The lowest BCUT2D eigenvalue weighted by Gasteiger charge is -2.29. The van der Waals surface area contributed by atoms with E-state index in [2.05, 4.69) is 5.32 Å². The molecule has 9 heteroatoms. The third-order valence-corrected chi connectivity index (χ3v) is 4.51. The van der Waals surface area contributed by atoms with E-state index in [1.165, 1.54) is 7.11 Å². The lowest BCUT2D eigenvalue weighted by Crippen LogP contribution is -2.36. The number of rotatable bonds is 4. The molecule has 29 heavy (non-hydrogen) atoms. The molecule has 0 atom stereocenters. The summed E-state index contributed by atoms with van der Waals surface area (Å²) in [5, 5.41) is 2.57. The van der Waals surface area contributed by atoms with E-state index in [0.717, 1.165) is 30.0 Å². The van der Waals surface area contributed by atoms with Gasteiger partial charge in [-0.15, -0.1) is 0 Å². The average Bonchev–Trinajstić information content (AvgIpc) is 2.73. The number of carbonyl (C=O) groups excluding carboxylic acids is 2. The molecule has 2 aromatic rings. The molecule has 1 aliphatic rings. The Kier molecular flexibility index (Phi) is 6.07. The van der Waals surface area contributed by atoms with E-state index in [4.69, 9.17) is 9.47 Å². The lowest BCUT2D eigenvalue weighted by atomic mass is 10.1. The van der Waals surface area contributed by atoms with Crippen molar-refractivity contribution < 1.29 is 32.2 Å². The number of carbonyl (C=O) groups is 2. The number of ether oxygens (including phenoxy) is 2. The maximum atomic E-state index is 12.7. The van der Waals surface area contributed by atoms with Gasteiger partial charge in [0, 0.05) is 24.3 Å². The van der Waals surface area contributed by atoms with Crippen molar-refractivity contribution >= 4 is 23.3 Å². The summed E-state index contributed by atoms with van der Waals surface area (Å²) in [4.78, 5) is 26.7. The number of hydrogen-bond donors (Lipinski definition) is 1. The molecule has 0 aromatic heterocycles. The Morgan fingerprint density at radius 3 is 2.31 bits per heavy atom. The van der Waals surface area contributed by atoms with Crippen LogP contribution in [0.4, 0.5) is 24.5 Å². The van der Waals surface area contributed by atoms with Crippen LogP contribution in [-0.4, -0.2) is 45.3 Å². The fraction of sp³-hybridized carbons (Fsp3) is 0.300. The molecule has 1 fully saturated rings. The third-order valence-electron chi connectivity index (χ3n) is 4.51. The van der Waals surface area contributed by atoms with Crippen LogP contribution in [-0.2, 0) is 15.7 Å². The van der Waals surface area contributed by atoms with Crippen LogP contribution in [0.25, 0.3) is 0 Å². The molecular formula is C20H19F3N2O4. The molecule has 154 valence electrons. The molecule has 1 N–H and O–H groups in total. The highest BCUT2D eigenvalue weighted by atomic mass is 19.4. The Morgan fingerprint density at radius 2 is 1.72 bits per heavy atom. The van der Waals surface area contributed by atoms with E-state index in [-0.39, 0.29) is 16.8 Å². The largest absolute Gasteiger partial charge is 0.465 e. The van der Waals surface area contributed by atoms with Gasteiger partial charge in [0.05, 0.1) is 37.1 Å². The molecule has 0 aliphatic carbocycles. The molecular weight excluding hydrogens is 389 g/mol. The molecule has 1 heterocycles. The Labute approximate surface area is 165 Å². The van der Waals surface area contributed by atoms with E-state index >= 15 is 0 Å². The predicted octanol–water partition coefficient (Wildman–Crippen LogP) is 3.58. The van der Waals surface area contributed by atoms with Gasteiger partial charge in [0.1, 0.15) is 0 Å². The third kappa shape index (κ3) is 4.86. The summed E-state index contributed by atoms with van der Waals surface area (Å²) in [6.07, 6.45) is -4.48. The van der Waals surface area contributed by atoms with E-state index < -0.39 is 23.6 Å². The van der Waals surface area contributed by atoms with E-state index in [1.807, 2.05) is 4.90 Å². The Balaban J connectivity index is 1.83. The van der Waals surface area contributed by atoms with Gasteiger partial charge in [-0.2, -0.15) is 13.2 Å². The van der Waals surface area contributed by atoms with Crippen LogP contribution >= 0.6 is 0 Å². The Bertz CT molecular complexity index is 892. The van der Waals surface area contributed by atoms with Gasteiger partial charge in [-0.1, -0.05) is 0 Å². The standard InChI is InChI=1S/C20H19F3N2O4/c1-28-19(27)16-12-15(25-8-10-29-11-9-25)6-7-17(16)24-18(26)13-2-4-14(5-3-13)20(21,22)23/h2-7,12H,8-11H2,1H3,(H,24,26). The molecule has 0 radical (unpaired) electrons. The van der Waals surface area contributed by atoms with Crippen molar-refractivity contribution in [2.24, 2.45) is 0 Å². The first kappa shape index (κ1) is 20.7. The van der Waals surface area contributed by atoms with Crippen molar-refractivity contribution in [3.05, 3.63) is 59.2 Å². The molecule has 0 saturated carbocycles. The highest BCUT2D eigenvalue weighted by Crippen LogP contribution is 2.29. The molecule has 0 spiro atoms. The number of nitrogens with one attached hydrogen (secondary N) is 1. The zero-order chi connectivity index (χ0) is 21.0. The first-order valence-electron chi connectivity index (χ1n) is 8.83. The maximum absolute atomic E-state index is 12.7. The number of anilines is 2. The summed E-state index contributed by atoms with van der Waals surface area (Å²) in [5.41, 5.74) is 0.321. The van der Waals surface area contributed by atoms with Gasteiger partial charge in [-0.25, -0.2) is 4.79 Å². The summed E-state index contributed by atoms with van der Waals surface area (Å²) in [7, 11) is 1.23. The maximum Gasteiger partial charge on any atom is 0.416 e. The number of hydrogen-bond acceptors (Lipinski definition) is 5. The second kappa shape index (κ2) is 8.52. The summed E-state index contributed by atoms with van der Waals surface area (Å²) in [5.74, 6) is -1.27. The number of methoxy groups -OCH3 is 1. The second-order valence-corrected chi connectivity index (χ2v) is 6.35. The van der Waals surface area contributed by atoms with Gasteiger partial charge >= 0.3 is 12.1 Å². The minimum absolute atomic E-state index is 0.0334. The van der Waals surface area contributed by atoms with E-state index in [9.17, 15) is 22.8 Å². The number of alkyl halides is 3. The normalized spacial score (nSPS) is 14.4. The zero-order valence-electron chi connectivity index (χ0n) is 15.6. The van der Waals surface area contributed by atoms with Crippen LogP contribution in [0.1, 0.15) is 26.3 Å². The van der Waals surface area contributed by atoms with E-state index in [0.29, 0.717) is 26.3 Å². The monoisotopic (exact) mass is 408 g/mol. The van der Waals surface area contributed by atoms with Gasteiger partial charge in [0.2, 0.25) is 0 Å². The van der Waals surface area contributed by atoms with Gasteiger partial charge < -0.3 is 19.7 Å². The number of nitrogens with zero attached hydrogens (tertiary/aromatic N) is 1. The first-order valence-corrected chi connectivity index (χ1v) is 8.83. The molecule has 1 aliphatic heterocycles. The highest BCUT2D eigenvalue weighted by molar-refractivity contribution is 6.08. The number of halogens is 3. The summed E-state index contributed by atoms with van der Waals surface area (Å²) < 4.78 is 48.1. The second-order valence-electron chi connectivity index (χ2n) is 6.35. The Morgan fingerprint density at radius 1 is 1.07 bits per heavy atom. The zero-order valence-corrected chi connectivity index (χ0v) is 15.6. The van der Waals surface area contributed by atoms with Crippen LogP contribution in [0.15, 0.2) is 42.5 Å². The SMILES string of the molecule is COC(=O)c1cc(N2CCOCC2)ccc1NC(=O)c1ccc(C(F)(F)F)cc1. The van der Waals surface area contributed by atoms with Gasteiger partial charge in [-0.05, 0) is 42.5 Å². The molecule has 2 aromatic carbocycles. The van der Waals surface area contributed by atoms with Gasteiger partial charge in [-0.3, -0.25) is 4.79 Å². The van der Waals surface area contributed by atoms with Crippen LogP contribution in [0, 0.1) is 0 Å². The minimum Gasteiger partial charge on any atom is -0.465 e. The van der Waals surface area contributed by atoms with Gasteiger partial charge in [0.15, 0.2) is 0 Å². The summed E-state index contributed by atoms with van der Waals surface area (Å²) >= 11 is 0. The van der Waals surface area contributed by atoms with Crippen LogP contribution in [0.2, 0.25) is 0 Å². The minimum atomic E-state index is -4.48. The van der Waals surface area contributed by atoms with E-state index in [1.54, 1.807) is 18.2 Å². The van der Waals surface area contributed by atoms with Crippen LogP contribution in [0.3, 0.4) is 0 Å². The molecule has 3 rings (SSSR count). The smallest absolute Gasteiger partial charge is 0.416 e. The number of esters is 1. The quantitative estimate of drug-likeness (QED) is 0.784. The van der Waals surface area contributed by atoms with Crippen molar-refractivity contribution in [2.45, 2.75) is 6.18 Å². The Hall–Kier alpha value is -3.07. The van der Waals surface area contributed by atoms with Crippen molar-refractivity contribution in [3.63, 3.8) is 0 Å². The fourth-order valence-electron chi connectivity index (χ4n) is 2.94. The van der Waals surface area contributed by atoms with Crippen molar-refractivity contribution in [1.82, 2.24) is 0 Å². The fourth-order valence-corrected chi connectivity index (χ4v) is 2.94.